The number of fused-ring (bicyclic) bond motifs is 1. The van der Waals surface area contributed by atoms with E-state index in [1.54, 1.807) is 11.3 Å². The lowest BCUT2D eigenvalue weighted by molar-refractivity contribution is 0.0518. The van der Waals surface area contributed by atoms with Crippen molar-refractivity contribution in [1.29, 1.82) is 0 Å². The van der Waals surface area contributed by atoms with Crippen LogP contribution in [0.25, 0.3) is 5.65 Å². The van der Waals surface area contributed by atoms with Gasteiger partial charge in [-0.15, -0.1) is 0 Å². The van der Waals surface area contributed by atoms with Gasteiger partial charge in [0.05, 0.1) is 12.8 Å². The molecule has 0 atom stereocenters. The van der Waals surface area contributed by atoms with E-state index in [1.807, 2.05) is 18.3 Å². The van der Waals surface area contributed by atoms with Crippen LogP contribution in [-0.4, -0.2) is 22.0 Å². The highest BCUT2D eigenvalue weighted by Gasteiger charge is 2.12. The monoisotopic (exact) mass is 282 g/mol. The Morgan fingerprint density at radius 1 is 1.62 bits per heavy atom. The molecule has 0 aliphatic heterocycles. The number of pyridine rings is 1. The molecule has 0 saturated heterocycles. The topological polar surface area (TPSA) is 43.6 Å². The normalized spacial score (nSPS) is 10.6. The molecule has 2 aromatic heterocycles. The molecule has 0 fully saturated rings. The molecule has 0 unspecified atom stereocenters. The van der Waals surface area contributed by atoms with E-state index in [2.05, 4.69) is 20.9 Å². The highest BCUT2D eigenvalue weighted by Crippen LogP contribution is 2.12. The fourth-order valence-corrected chi connectivity index (χ4v) is 1.81. The lowest BCUT2D eigenvalue weighted by Crippen LogP contribution is -2.07. The molecule has 2 heterocycles. The molecule has 0 amide bonds. The van der Waals surface area contributed by atoms with Gasteiger partial charge in [0, 0.05) is 11.5 Å². The summed E-state index contributed by atoms with van der Waals surface area (Å²) in [5, 5.41) is 0.769. The third kappa shape index (κ3) is 1.95. The fourth-order valence-electron chi connectivity index (χ4n) is 1.46. The van der Waals surface area contributed by atoms with Crippen LogP contribution in [0.5, 0.6) is 0 Å². The molecule has 0 radical (unpaired) electrons. The summed E-state index contributed by atoms with van der Waals surface area (Å²) in [4.78, 5) is 15.8. The van der Waals surface area contributed by atoms with Crippen molar-refractivity contribution in [2.24, 2.45) is 0 Å². The number of imidazole rings is 1. The lowest BCUT2D eigenvalue weighted by Gasteiger charge is -2.02. The average molecular weight is 283 g/mol. The molecule has 84 valence electrons. The van der Waals surface area contributed by atoms with E-state index in [0.29, 0.717) is 12.3 Å². The lowest BCUT2D eigenvalue weighted by atomic mass is 10.3. The van der Waals surface area contributed by atoms with Gasteiger partial charge in [-0.3, -0.25) is 4.40 Å². The summed E-state index contributed by atoms with van der Waals surface area (Å²) in [6.07, 6.45) is 3.36. The molecule has 0 aliphatic rings. The van der Waals surface area contributed by atoms with Crippen LogP contribution in [0.3, 0.4) is 0 Å². The van der Waals surface area contributed by atoms with Crippen molar-refractivity contribution in [1.82, 2.24) is 9.38 Å². The molecule has 0 aliphatic carbocycles. The van der Waals surface area contributed by atoms with E-state index >= 15 is 0 Å². The summed E-state index contributed by atoms with van der Waals surface area (Å²) in [5.41, 5.74) is 2.33. The molecule has 2 aromatic rings. The second kappa shape index (κ2) is 4.65. The zero-order chi connectivity index (χ0) is 11.5. The van der Waals surface area contributed by atoms with Gasteiger partial charge < -0.3 is 4.74 Å². The van der Waals surface area contributed by atoms with Crippen LogP contribution in [0.15, 0.2) is 24.5 Å². The van der Waals surface area contributed by atoms with Gasteiger partial charge in [0.25, 0.3) is 0 Å². The number of aromatic nitrogens is 2. The summed E-state index contributed by atoms with van der Waals surface area (Å²) < 4.78 is 6.67. The number of carbonyl (C=O) groups excluding carboxylic acids is 1. The van der Waals surface area contributed by atoms with Gasteiger partial charge in [-0.2, -0.15) is 0 Å². The molecule has 2 rings (SSSR count). The first-order valence-corrected chi connectivity index (χ1v) is 6.07. The fraction of sp³-hybridized carbons (Fsp3) is 0.273. The molecule has 4 nitrogen and oxygen atoms in total. The first-order chi connectivity index (χ1) is 7.76. The second-order valence-electron chi connectivity index (χ2n) is 3.26. The van der Waals surface area contributed by atoms with Gasteiger partial charge >= 0.3 is 5.97 Å². The Kier molecular flexibility index (Phi) is 3.24. The van der Waals surface area contributed by atoms with Crippen LogP contribution in [0.2, 0.25) is 0 Å². The Labute approximate surface area is 101 Å². The van der Waals surface area contributed by atoms with Crippen molar-refractivity contribution in [3.63, 3.8) is 0 Å². The predicted molar refractivity (Wildman–Crippen MR) is 63.8 cm³/mol. The van der Waals surface area contributed by atoms with Crippen molar-refractivity contribution >= 4 is 27.5 Å². The number of hydrogen-bond acceptors (Lipinski definition) is 3. The molecular formula is C11H11BrN2O2. The molecule has 5 heteroatoms. The largest absolute Gasteiger partial charge is 0.461 e. The number of esters is 1. The van der Waals surface area contributed by atoms with Crippen molar-refractivity contribution in [2.75, 3.05) is 6.61 Å². The van der Waals surface area contributed by atoms with Gasteiger partial charge in [-0.05, 0) is 24.6 Å². The molecule has 16 heavy (non-hydrogen) atoms. The Morgan fingerprint density at radius 3 is 3.12 bits per heavy atom. The summed E-state index contributed by atoms with van der Waals surface area (Å²) in [6, 6.07) is 3.86. The number of carbonyl (C=O) groups is 1. The van der Waals surface area contributed by atoms with Crippen LogP contribution >= 0.6 is 15.9 Å². The highest BCUT2D eigenvalue weighted by atomic mass is 79.9. The van der Waals surface area contributed by atoms with Gasteiger partial charge in [-0.1, -0.05) is 15.9 Å². The van der Waals surface area contributed by atoms with E-state index in [4.69, 9.17) is 4.74 Å². The summed E-state index contributed by atoms with van der Waals surface area (Å²) in [5.74, 6) is -0.346. The highest BCUT2D eigenvalue weighted by molar-refractivity contribution is 9.08. The smallest absolute Gasteiger partial charge is 0.356 e. The predicted octanol–water partition coefficient (Wildman–Crippen LogP) is 2.41. The van der Waals surface area contributed by atoms with E-state index in [9.17, 15) is 4.79 Å². The number of hydrogen-bond donors (Lipinski definition) is 0. The maximum absolute atomic E-state index is 11.6. The van der Waals surface area contributed by atoms with Crippen molar-refractivity contribution < 1.29 is 9.53 Å². The number of ether oxygens (including phenoxy) is 1. The Morgan fingerprint density at radius 2 is 2.44 bits per heavy atom. The SMILES string of the molecule is CCOC(=O)c1cnc2cc(CBr)ccn12. The van der Waals surface area contributed by atoms with E-state index < -0.39 is 0 Å². The summed E-state index contributed by atoms with van der Waals surface area (Å²) in [6.45, 7) is 2.15. The molecule has 0 N–H and O–H groups in total. The maximum Gasteiger partial charge on any atom is 0.356 e. The quantitative estimate of drug-likeness (QED) is 0.641. The van der Waals surface area contributed by atoms with Crippen molar-refractivity contribution in [3.8, 4) is 0 Å². The first-order valence-electron chi connectivity index (χ1n) is 4.95. The van der Waals surface area contributed by atoms with Crippen molar-refractivity contribution in [3.05, 3.63) is 35.8 Å². The third-order valence-corrected chi connectivity index (χ3v) is 2.86. The molecular weight excluding hydrogens is 272 g/mol. The molecule has 0 bridgehead atoms. The minimum Gasteiger partial charge on any atom is -0.461 e. The minimum absolute atomic E-state index is 0.346. The zero-order valence-corrected chi connectivity index (χ0v) is 10.4. The third-order valence-electron chi connectivity index (χ3n) is 2.22. The van der Waals surface area contributed by atoms with Crippen LogP contribution in [0, 0.1) is 0 Å². The Balaban J connectivity index is 2.45. The first kappa shape index (κ1) is 11.1. The van der Waals surface area contributed by atoms with Crippen molar-refractivity contribution in [2.45, 2.75) is 12.3 Å². The van der Waals surface area contributed by atoms with Gasteiger partial charge in [0.2, 0.25) is 0 Å². The maximum atomic E-state index is 11.6. The van der Waals surface area contributed by atoms with Crippen LogP contribution in [0.1, 0.15) is 23.0 Å². The van der Waals surface area contributed by atoms with Gasteiger partial charge in [0.15, 0.2) is 5.69 Å². The number of rotatable bonds is 3. The van der Waals surface area contributed by atoms with E-state index in [-0.39, 0.29) is 5.97 Å². The average Bonchev–Trinajstić information content (AvgIpc) is 2.71. The van der Waals surface area contributed by atoms with E-state index in [1.165, 1.54) is 6.20 Å². The van der Waals surface area contributed by atoms with Crippen LogP contribution in [-0.2, 0) is 10.1 Å². The standard InChI is InChI=1S/C11H11BrN2O2/c1-2-16-11(15)9-7-13-10-5-8(6-12)3-4-14(9)10/h3-5,7H,2,6H2,1H3. The second-order valence-corrected chi connectivity index (χ2v) is 3.82. The van der Waals surface area contributed by atoms with Gasteiger partial charge in [0.1, 0.15) is 5.65 Å². The molecule has 0 saturated carbocycles. The molecule has 0 spiro atoms. The van der Waals surface area contributed by atoms with Crippen LogP contribution in [0.4, 0.5) is 0 Å². The Hall–Kier alpha value is -1.36. The van der Waals surface area contributed by atoms with E-state index in [0.717, 1.165) is 16.5 Å². The molecule has 0 aromatic carbocycles. The van der Waals surface area contributed by atoms with Gasteiger partial charge in [-0.25, -0.2) is 9.78 Å². The number of nitrogens with zero attached hydrogens (tertiary/aromatic N) is 2. The zero-order valence-electron chi connectivity index (χ0n) is 8.81. The minimum atomic E-state index is -0.346. The summed E-state index contributed by atoms with van der Waals surface area (Å²) >= 11 is 3.38. The van der Waals surface area contributed by atoms with Crippen LogP contribution < -0.4 is 0 Å². The number of halogens is 1. The Bertz CT molecular complexity index is 522. The number of alkyl halides is 1. The summed E-state index contributed by atoms with van der Waals surface area (Å²) in [7, 11) is 0.